The van der Waals surface area contributed by atoms with Gasteiger partial charge in [0.15, 0.2) is 5.76 Å². The predicted octanol–water partition coefficient (Wildman–Crippen LogP) is 1.13. The predicted molar refractivity (Wildman–Crippen MR) is 77.8 cm³/mol. The molecule has 0 bridgehead atoms. The molecule has 2 aromatic heterocycles. The number of thiophene rings is 1. The lowest BCUT2D eigenvalue weighted by atomic mass is 10.4. The number of hydrazone groups is 1. The standard InChI is InChI=1S/C12H10N4O5S/c17-10(7-13-12(18)9-2-1-5-22-9)15-14-6-8-3-4-11(21-8)16(19)20/h1-6H,7H2,(H,13,18)(H,15,17)/b14-6+. The first-order valence-electron chi connectivity index (χ1n) is 5.94. The Morgan fingerprint density at radius 2 is 2.23 bits per heavy atom. The van der Waals surface area contributed by atoms with E-state index in [0.717, 1.165) is 6.21 Å². The van der Waals surface area contributed by atoms with E-state index in [2.05, 4.69) is 15.8 Å². The lowest BCUT2D eigenvalue weighted by Gasteiger charge is -2.01. The molecule has 0 unspecified atom stereocenters. The summed E-state index contributed by atoms with van der Waals surface area (Å²) in [4.78, 5) is 33.2. The van der Waals surface area contributed by atoms with Gasteiger partial charge in [0.1, 0.15) is 4.92 Å². The number of carbonyl (C=O) groups is 2. The van der Waals surface area contributed by atoms with Crippen molar-refractivity contribution in [2.75, 3.05) is 6.54 Å². The van der Waals surface area contributed by atoms with Crippen molar-refractivity contribution in [3.63, 3.8) is 0 Å². The summed E-state index contributed by atoms with van der Waals surface area (Å²) in [6, 6.07) is 5.88. The van der Waals surface area contributed by atoms with Gasteiger partial charge in [-0.2, -0.15) is 5.10 Å². The Morgan fingerprint density at radius 1 is 1.41 bits per heavy atom. The van der Waals surface area contributed by atoms with Crippen molar-refractivity contribution in [3.05, 3.63) is 50.4 Å². The van der Waals surface area contributed by atoms with Gasteiger partial charge in [0.2, 0.25) is 0 Å². The number of amides is 2. The summed E-state index contributed by atoms with van der Waals surface area (Å²) < 4.78 is 4.81. The Hall–Kier alpha value is -3.01. The van der Waals surface area contributed by atoms with Crippen molar-refractivity contribution < 1.29 is 18.9 Å². The number of carbonyl (C=O) groups excluding carboxylic acids is 2. The molecule has 0 atom stereocenters. The highest BCUT2D eigenvalue weighted by Gasteiger charge is 2.10. The molecule has 2 rings (SSSR count). The molecular formula is C12H10N4O5S. The third kappa shape index (κ3) is 4.24. The van der Waals surface area contributed by atoms with E-state index in [1.165, 1.54) is 23.5 Å². The molecular weight excluding hydrogens is 312 g/mol. The van der Waals surface area contributed by atoms with Crippen LogP contribution in [0.2, 0.25) is 0 Å². The van der Waals surface area contributed by atoms with Gasteiger partial charge < -0.3 is 9.73 Å². The molecule has 22 heavy (non-hydrogen) atoms. The normalized spacial score (nSPS) is 10.5. The second-order valence-electron chi connectivity index (χ2n) is 3.89. The summed E-state index contributed by atoms with van der Waals surface area (Å²) in [5.74, 6) is -1.19. The minimum absolute atomic E-state index is 0.120. The molecule has 2 N–H and O–H groups in total. The zero-order valence-electron chi connectivity index (χ0n) is 11.0. The van der Waals surface area contributed by atoms with Gasteiger partial charge in [-0.25, -0.2) is 5.43 Å². The van der Waals surface area contributed by atoms with Crippen molar-refractivity contribution >= 4 is 35.2 Å². The van der Waals surface area contributed by atoms with Crippen LogP contribution < -0.4 is 10.7 Å². The molecule has 0 aromatic carbocycles. The Bertz CT molecular complexity index is 707. The Kier molecular flexibility index (Phi) is 4.98. The Morgan fingerprint density at radius 3 is 2.86 bits per heavy atom. The summed E-state index contributed by atoms with van der Waals surface area (Å²) in [5.41, 5.74) is 2.16. The SMILES string of the molecule is O=C(CNC(=O)c1cccs1)N/N=C/c1ccc([N+](=O)[O-])o1. The van der Waals surface area contributed by atoms with Crippen LogP contribution in [-0.4, -0.2) is 29.5 Å². The monoisotopic (exact) mass is 322 g/mol. The van der Waals surface area contributed by atoms with E-state index in [4.69, 9.17) is 4.42 Å². The van der Waals surface area contributed by atoms with E-state index in [9.17, 15) is 19.7 Å². The molecule has 10 heteroatoms. The lowest BCUT2D eigenvalue weighted by molar-refractivity contribution is -0.402. The molecule has 0 fully saturated rings. The molecule has 0 saturated carbocycles. The van der Waals surface area contributed by atoms with Crippen LogP contribution in [0.25, 0.3) is 0 Å². The average Bonchev–Trinajstić information content (AvgIpc) is 3.16. The molecule has 0 aliphatic carbocycles. The quantitative estimate of drug-likeness (QED) is 0.468. The zero-order valence-corrected chi connectivity index (χ0v) is 11.8. The van der Waals surface area contributed by atoms with Crippen LogP contribution in [0.3, 0.4) is 0 Å². The highest BCUT2D eigenvalue weighted by molar-refractivity contribution is 7.12. The van der Waals surface area contributed by atoms with E-state index in [1.807, 2.05) is 0 Å². The lowest BCUT2D eigenvalue weighted by Crippen LogP contribution is -2.34. The number of furan rings is 1. The summed E-state index contributed by atoms with van der Waals surface area (Å²) in [6.45, 7) is -0.244. The van der Waals surface area contributed by atoms with E-state index in [-0.39, 0.29) is 18.2 Å². The highest BCUT2D eigenvalue weighted by Crippen LogP contribution is 2.13. The first-order valence-corrected chi connectivity index (χ1v) is 6.82. The third-order valence-corrected chi connectivity index (χ3v) is 3.20. The van der Waals surface area contributed by atoms with Crippen molar-refractivity contribution in [2.45, 2.75) is 0 Å². The average molecular weight is 322 g/mol. The molecule has 2 amide bonds. The summed E-state index contributed by atoms with van der Waals surface area (Å²) in [6.07, 6.45) is 1.12. The molecule has 9 nitrogen and oxygen atoms in total. The molecule has 114 valence electrons. The Labute approximate surface area is 127 Å². The maximum Gasteiger partial charge on any atom is 0.433 e. The maximum absolute atomic E-state index is 11.6. The van der Waals surface area contributed by atoms with Gasteiger partial charge >= 0.3 is 5.88 Å². The Balaban J connectivity index is 1.76. The zero-order chi connectivity index (χ0) is 15.9. The van der Waals surface area contributed by atoms with Gasteiger partial charge in [-0.1, -0.05) is 6.07 Å². The number of nitrogens with one attached hydrogen (secondary N) is 2. The van der Waals surface area contributed by atoms with E-state index in [1.54, 1.807) is 17.5 Å². The van der Waals surface area contributed by atoms with Crippen molar-refractivity contribution in [1.29, 1.82) is 0 Å². The summed E-state index contributed by atoms with van der Waals surface area (Å²) in [5, 5.41) is 18.1. The van der Waals surface area contributed by atoms with Gasteiger partial charge in [-0.15, -0.1) is 11.3 Å². The third-order valence-electron chi connectivity index (χ3n) is 2.33. The summed E-state index contributed by atoms with van der Waals surface area (Å²) in [7, 11) is 0. The number of hydrogen-bond acceptors (Lipinski definition) is 7. The van der Waals surface area contributed by atoms with Crippen molar-refractivity contribution in [1.82, 2.24) is 10.7 Å². The molecule has 0 aliphatic heterocycles. The molecule has 2 aromatic rings. The number of rotatable bonds is 6. The minimum atomic E-state index is -0.684. The van der Waals surface area contributed by atoms with E-state index < -0.39 is 16.7 Å². The minimum Gasteiger partial charge on any atom is -0.400 e. The fraction of sp³-hybridized carbons (Fsp3) is 0.0833. The van der Waals surface area contributed by atoms with Crippen LogP contribution in [-0.2, 0) is 4.79 Å². The second-order valence-corrected chi connectivity index (χ2v) is 4.83. The highest BCUT2D eigenvalue weighted by atomic mass is 32.1. The van der Waals surface area contributed by atoms with Crippen LogP contribution in [0.4, 0.5) is 5.88 Å². The first kappa shape index (κ1) is 15.4. The summed E-state index contributed by atoms with van der Waals surface area (Å²) >= 11 is 1.26. The van der Waals surface area contributed by atoms with E-state index in [0.29, 0.717) is 4.88 Å². The van der Waals surface area contributed by atoms with Crippen molar-refractivity contribution in [2.24, 2.45) is 5.10 Å². The van der Waals surface area contributed by atoms with E-state index >= 15 is 0 Å². The first-order chi connectivity index (χ1) is 10.6. The van der Waals surface area contributed by atoms with Gasteiger partial charge in [-0.3, -0.25) is 19.7 Å². The fourth-order valence-electron chi connectivity index (χ4n) is 1.37. The number of nitro groups is 1. The molecule has 0 saturated heterocycles. The van der Waals surface area contributed by atoms with Gasteiger partial charge in [0, 0.05) is 0 Å². The smallest absolute Gasteiger partial charge is 0.400 e. The maximum atomic E-state index is 11.6. The number of hydrogen-bond donors (Lipinski definition) is 2. The molecule has 0 radical (unpaired) electrons. The van der Waals surface area contributed by atoms with Gasteiger partial charge in [0.25, 0.3) is 11.8 Å². The second kappa shape index (κ2) is 7.13. The topological polar surface area (TPSA) is 127 Å². The van der Waals surface area contributed by atoms with Crippen LogP contribution in [0.1, 0.15) is 15.4 Å². The molecule has 2 heterocycles. The van der Waals surface area contributed by atoms with Crippen molar-refractivity contribution in [3.8, 4) is 0 Å². The van der Waals surface area contributed by atoms with Crippen LogP contribution in [0, 0.1) is 10.1 Å². The van der Waals surface area contributed by atoms with Gasteiger partial charge in [-0.05, 0) is 17.5 Å². The number of nitrogens with zero attached hydrogens (tertiary/aromatic N) is 2. The molecule has 0 spiro atoms. The van der Waals surface area contributed by atoms with Crippen LogP contribution in [0.15, 0.2) is 39.2 Å². The van der Waals surface area contributed by atoms with Crippen LogP contribution in [0.5, 0.6) is 0 Å². The van der Waals surface area contributed by atoms with Crippen LogP contribution >= 0.6 is 11.3 Å². The van der Waals surface area contributed by atoms with Gasteiger partial charge in [0.05, 0.1) is 23.7 Å². The largest absolute Gasteiger partial charge is 0.433 e. The fourth-order valence-corrected chi connectivity index (χ4v) is 2.01. The molecule has 0 aliphatic rings.